The molecular formula is C16H25. The lowest BCUT2D eigenvalue weighted by molar-refractivity contribution is 0.637. The van der Waals surface area contributed by atoms with E-state index in [-0.39, 0.29) is 0 Å². The number of unbranched alkanes of at least 4 members (excludes halogenated alkanes) is 5. The maximum Gasteiger partial charge on any atom is -0.0163 e. The van der Waals surface area contributed by atoms with Gasteiger partial charge in [0.15, 0.2) is 0 Å². The van der Waals surface area contributed by atoms with Gasteiger partial charge in [-0.25, -0.2) is 0 Å². The van der Waals surface area contributed by atoms with Gasteiger partial charge in [-0.1, -0.05) is 81.7 Å². The first-order chi connectivity index (χ1) is 7.91. The van der Waals surface area contributed by atoms with E-state index in [1.165, 1.54) is 38.5 Å². The molecule has 0 spiro atoms. The third kappa shape index (κ3) is 13.0. The summed E-state index contributed by atoms with van der Waals surface area (Å²) in [6, 6.07) is 0. The van der Waals surface area contributed by atoms with Crippen molar-refractivity contribution in [3.63, 3.8) is 0 Å². The molecule has 0 aromatic carbocycles. The number of rotatable bonds is 10. The molecular weight excluding hydrogens is 192 g/mol. The summed E-state index contributed by atoms with van der Waals surface area (Å²) >= 11 is 0. The van der Waals surface area contributed by atoms with Crippen molar-refractivity contribution in [1.82, 2.24) is 0 Å². The average molecular weight is 217 g/mol. The summed E-state index contributed by atoms with van der Waals surface area (Å²) in [7, 11) is 0. The summed E-state index contributed by atoms with van der Waals surface area (Å²) in [5, 5.41) is 0. The predicted molar refractivity (Wildman–Crippen MR) is 74.3 cm³/mol. The fraction of sp³-hybridized carbons (Fsp3) is 0.500. The first-order valence-electron chi connectivity index (χ1n) is 6.43. The van der Waals surface area contributed by atoms with Crippen LogP contribution < -0.4 is 0 Å². The van der Waals surface area contributed by atoms with Gasteiger partial charge in [-0.05, 0) is 19.3 Å². The lowest BCUT2D eigenvalue weighted by Gasteiger charge is -1.95. The van der Waals surface area contributed by atoms with Crippen LogP contribution in [0.25, 0.3) is 0 Å². The van der Waals surface area contributed by atoms with E-state index in [0.29, 0.717) is 0 Å². The molecule has 0 heterocycles. The quantitative estimate of drug-likeness (QED) is 0.340. The zero-order valence-electron chi connectivity index (χ0n) is 10.6. The van der Waals surface area contributed by atoms with Crippen molar-refractivity contribution in [2.24, 2.45) is 0 Å². The van der Waals surface area contributed by atoms with Gasteiger partial charge in [-0.3, -0.25) is 0 Å². The zero-order chi connectivity index (χ0) is 11.9. The Labute approximate surface area is 101 Å². The SMILES string of the molecule is [CH]=C/C=C/C/C=C/C=C/CCCCCCC. The van der Waals surface area contributed by atoms with Crippen LogP contribution in [-0.2, 0) is 0 Å². The first-order valence-corrected chi connectivity index (χ1v) is 6.43. The van der Waals surface area contributed by atoms with Crippen molar-refractivity contribution in [3.8, 4) is 0 Å². The van der Waals surface area contributed by atoms with Crippen LogP contribution in [0.15, 0.2) is 42.5 Å². The molecule has 0 nitrogen and oxygen atoms in total. The standard InChI is InChI=1S/C16H25/c1-3-5-7-9-11-13-15-16-14-12-10-8-6-4-2/h1,3,5,7,11,13,15-16H,4,6,8-10,12,14H2,2H3/b3-1?,7-5+,13-11+,16-15+. The molecule has 0 fully saturated rings. The first kappa shape index (κ1) is 15.0. The van der Waals surface area contributed by atoms with Gasteiger partial charge in [-0.2, -0.15) is 0 Å². The van der Waals surface area contributed by atoms with Crippen molar-refractivity contribution < 1.29 is 0 Å². The Morgan fingerprint density at radius 2 is 1.50 bits per heavy atom. The highest BCUT2D eigenvalue weighted by molar-refractivity contribution is 5.06. The Hall–Kier alpha value is -1.04. The van der Waals surface area contributed by atoms with Gasteiger partial charge >= 0.3 is 0 Å². The van der Waals surface area contributed by atoms with Crippen LogP contribution in [0.1, 0.15) is 51.9 Å². The van der Waals surface area contributed by atoms with Crippen molar-refractivity contribution in [2.75, 3.05) is 0 Å². The van der Waals surface area contributed by atoms with Gasteiger partial charge in [0.2, 0.25) is 0 Å². The van der Waals surface area contributed by atoms with Gasteiger partial charge in [0, 0.05) is 0 Å². The third-order valence-corrected chi connectivity index (χ3v) is 2.38. The average Bonchev–Trinajstić information content (AvgIpc) is 2.31. The molecule has 0 saturated carbocycles. The third-order valence-electron chi connectivity index (χ3n) is 2.38. The Balaban J connectivity index is 3.26. The molecule has 0 aliphatic carbocycles. The van der Waals surface area contributed by atoms with Gasteiger partial charge in [-0.15, -0.1) is 0 Å². The second kappa shape index (κ2) is 14.0. The molecule has 0 amide bonds. The van der Waals surface area contributed by atoms with Crippen LogP contribution in [0.4, 0.5) is 0 Å². The van der Waals surface area contributed by atoms with E-state index < -0.39 is 0 Å². The molecule has 0 bridgehead atoms. The lowest BCUT2D eigenvalue weighted by atomic mass is 10.1. The molecule has 0 aliphatic heterocycles. The highest BCUT2D eigenvalue weighted by atomic mass is 13.9. The van der Waals surface area contributed by atoms with Crippen LogP contribution >= 0.6 is 0 Å². The topological polar surface area (TPSA) is 0 Å². The molecule has 0 N–H and O–H groups in total. The van der Waals surface area contributed by atoms with E-state index in [1.807, 2.05) is 12.2 Å². The maximum atomic E-state index is 5.21. The summed E-state index contributed by atoms with van der Waals surface area (Å²) in [4.78, 5) is 0. The van der Waals surface area contributed by atoms with E-state index in [9.17, 15) is 0 Å². The van der Waals surface area contributed by atoms with Crippen LogP contribution in [-0.4, -0.2) is 0 Å². The van der Waals surface area contributed by atoms with E-state index >= 15 is 0 Å². The number of hydrogen-bond donors (Lipinski definition) is 0. The largest absolute Gasteiger partial charge is 0.0845 e. The van der Waals surface area contributed by atoms with Gasteiger partial charge in [0.25, 0.3) is 0 Å². The molecule has 0 saturated heterocycles. The van der Waals surface area contributed by atoms with Crippen molar-refractivity contribution >= 4 is 0 Å². The van der Waals surface area contributed by atoms with Crippen LogP contribution in [0, 0.1) is 6.58 Å². The zero-order valence-corrected chi connectivity index (χ0v) is 10.6. The minimum absolute atomic E-state index is 0.953. The minimum Gasteiger partial charge on any atom is -0.0845 e. The smallest absolute Gasteiger partial charge is 0.0163 e. The Morgan fingerprint density at radius 1 is 0.812 bits per heavy atom. The number of hydrogen-bond acceptors (Lipinski definition) is 0. The van der Waals surface area contributed by atoms with Crippen LogP contribution in [0.2, 0.25) is 0 Å². The molecule has 0 aromatic rings. The van der Waals surface area contributed by atoms with Crippen LogP contribution in [0.3, 0.4) is 0 Å². The molecule has 89 valence electrons. The monoisotopic (exact) mass is 217 g/mol. The Kier molecular flexibility index (Phi) is 13.1. The van der Waals surface area contributed by atoms with Crippen molar-refractivity contribution in [2.45, 2.75) is 51.9 Å². The summed E-state index contributed by atoms with van der Waals surface area (Å²) in [5.74, 6) is 0. The molecule has 0 atom stereocenters. The molecule has 0 aliphatic rings. The van der Waals surface area contributed by atoms with E-state index in [1.54, 1.807) is 6.08 Å². The van der Waals surface area contributed by atoms with E-state index in [4.69, 9.17) is 6.58 Å². The van der Waals surface area contributed by atoms with Gasteiger partial charge < -0.3 is 0 Å². The second-order valence-corrected chi connectivity index (χ2v) is 3.92. The Morgan fingerprint density at radius 3 is 2.25 bits per heavy atom. The summed E-state index contributed by atoms with van der Waals surface area (Å²) in [5.41, 5.74) is 0. The van der Waals surface area contributed by atoms with Gasteiger partial charge in [0.05, 0.1) is 0 Å². The minimum atomic E-state index is 0.953. The van der Waals surface area contributed by atoms with Crippen LogP contribution in [0.5, 0.6) is 0 Å². The highest BCUT2D eigenvalue weighted by Gasteiger charge is 1.85. The van der Waals surface area contributed by atoms with Crippen molar-refractivity contribution in [3.05, 3.63) is 49.1 Å². The Bertz CT molecular complexity index is 218. The molecule has 0 unspecified atom stereocenters. The lowest BCUT2D eigenvalue weighted by Crippen LogP contribution is -1.75. The highest BCUT2D eigenvalue weighted by Crippen LogP contribution is 2.05. The molecule has 1 radical (unpaired) electrons. The fourth-order valence-corrected chi connectivity index (χ4v) is 1.43. The van der Waals surface area contributed by atoms with E-state index in [2.05, 4.69) is 31.2 Å². The fourth-order valence-electron chi connectivity index (χ4n) is 1.43. The van der Waals surface area contributed by atoms with E-state index in [0.717, 1.165) is 6.42 Å². The number of allylic oxidation sites excluding steroid dienone is 7. The second-order valence-electron chi connectivity index (χ2n) is 3.92. The maximum absolute atomic E-state index is 5.21. The molecule has 0 rings (SSSR count). The molecule has 16 heavy (non-hydrogen) atoms. The predicted octanol–water partition coefficient (Wildman–Crippen LogP) is 5.39. The normalized spacial score (nSPS) is 12.1. The summed E-state index contributed by atoms with van der Waals surface area (Å²) < 4.78 is 0. The van der Waals surface area contributed by atoms with Gasteiger partial charge in [0.1, 0.15) is 0 Å². The molecule has 0 heteroatoms. The van der Waals surface area contributed by atoms with Crippen molar-refractivity contribution in [1.29, 1.82) is 0 Å². The molecule has 0 aromatic heterocycles. The summed E-state index contributed by atoms with van der Waals surface area (Å²) in [6.07, 6.45) is 23.0. The summed E-state index contributed by atoms with van der Waals surface area (Å²) in [6.45, 7) is 7.46.